The molecule has 2 rings (SSSR count). The number of benzene rings is 2. The van der Waals surface area contributed by atoms with Crippen molar-refractivity contribution in [2.75, 3.05) is 19.6 Å². The van der Waals surface area contributed by atoms with Gasteiger partial charge in [-0.1, -0.05) is 87.4 Å². The summed E-state index contributed by atoms with van der Waals surface area (Å²) in [7, 11) is 0. The van der Waals surface area contributed by atoms with Crippen molar-refractivity contribution in [2.24, 2.45) is 5.92 Å². The molecule has 0 amide bonds. The van der Waals surface area contributed by atoms with E-state index in [9.17, 15) is 0 Å². The van der Waals surface area contributed by atoms with Crippen molar-refractivity contribution in [1.29, 1.82) is 0 Å². The van der Waals surface area contributed by atoms with Crippen LogP contribution < -0.4 is 0 Å². The molecule has 0 aliphatic heterocycles. The Labute approximate surface area is 148 Å². The van der Waals surface area contributed by atoms with Crippen LogP contribution in [0, 0.1) is 5.92 Å². The topological polar surface area (TPSA) is 3.24 Å². The van der Waals surface area contributed by atoms with Crippen LogP contribution in [0.3, 0.4) is 0 Å². The Morgan fingerprint density at radius 3 is 1.62 bits per heavy atom. The summed E-state index contributed by atoms with van der Waals surface area (Å²) in [4.78, 5) is 2.65. The lowest BCUT2D eigenvalue weighted by Crippen LogP contribution is -2.29. The number of hydrogen-bond acceptors (Lipinski definition) is 1. The normalized spacial score (nSPS) is 11.3. The minimum atomic E-state index is 0.826. The minimum absolute atomic E-state index is 0.826. The summed E-state index contributed by atoms with van der Waals surface area (Å²) < 4.78 is 0. The Bertz CT molecular complexity index is 489. The van der Waals surface area contributed by atoms with Crippen molar-refractivity contribution in [3.8, 4) is 0 Å². The van der Waals surface area contributed by atoms with E-state index in [-0.39, 0.29) is 0 Å². The molecule has 24 heavy (non-hydrogen) atoms. The Morgan fingerprint density at radius 2 is 1.17 bits per heavy atom. The predicted octanol–water partition coefficient (Wildman–Crippen LogP) is 5.60. The zero-order valence-electron chi connectivity index (χ0n) is 15.5. The van der Waals surface area contributed by atoms with E-state index in [4.69, 9.17) is 0 Å². The van der Waals surface area contributed by atoms with E-state index in [1.54, 1.807) is 0 Å². The maximum Gasteiger partial charge on any atom is 0.00219 e. The molecule has 0 saturated carbocycles. The monoisotopic (exact) mass is 323 g/mol. The minimum Gasteiger partial charge on any atom is -0.303 e. The highest BCUT2D eigenvalue weighted by Crippen LogP contribution is 2.09. The fourth-order valence-electron chi connectivity index (χ4n) is 3.09. The third kappa shape index (κ3) is 7.79. The van der Waals surface area contributed by atoms with Gasteiger partial charge in [-0.15, -0.1) is 0 Å². The van der Waals surface area contributed by atoms with Crippen molar-refractivity contribution >= 4 is 0 Å². The van der Waals surface area contributed by atoms with Gasteiger partial charge in [0.05, 0.1) is 0 Å². The third-order valence-corrected chi connectivity index (χ3v) is 4.62. The Balaban J connectivity index is 1.80. The van der Waals surface area contributed by atoms with Crippen molar-refractivity contribution < 1.29 is 0 Å². The van der Waals surface area contributed by atoms with Crippen LogP contribution in [0.2, 0.25) is 0 Å². The summed E-state index contributed by atoms with van der Waals surface area (Å²) in [5.74, 6) is 0.826. The highest BCUT2D eigenvalue weighted by atomic mass is 15.1. The van der Waals surface area contributed by atoms with Gasteiger partial charge in [0.15, 0.2) is 0 Å². The summed E-state index contributed by atoms with van der Waals surface area (Å²) in [6.45, 7) is 8.20. The van der Waals surface area contributed by atoms with Gasteiger partial charge in [-0.2, -0.15) is 0 Å². The number of rotatable bonds is 11. The van der Waals surface area contributed by atoms with Gasteiger partial charge < -0.3 is 4.90 Å². The molecule has 0 N–H and O–H groups in total. The first-order valence-corrected chi connectivity index (χ1v) is 9.54. The SMILES string of the molecule is CC(C)CCCCN(CCc1ccccc1)CCc1ccccc1. The second kappa shape index (κ2) is 11.0. The molecule has 0 fully saturated rings. The molecule has 0 aromatic heterocycles. The molecule has 0 aliphatic rings. The maximum absolute atomic E-state index is 2.65. The van der Waals surface area contributed by atoms with E-state index < -0.39 is 0 Å². The lowest BCUT2D eigenvalue weighted by atomic mass is 10.1. The molecule has 0 saturated heterocycles. The second-order valence-corrected chi connectivity index (χ2v) is 7.20. The molecule has 130 valence electrons. The zero-order chi connectivity index (χ0) is 17.0. The summed E-state index contributed by atoms with van der Waals surface area (Å²) in [5.41, 5.74) is 2.90. The van der Waals surface area contributed by atoms with Crippen LogP contribution >= 0.6 is 0 Å². The van der Waals surface area contributed by atoms with Crippen LogP contribution in [0.15, 0.2) is 60.7 Å². The van der Waals surface area contributed by atoms with Crippen molar-refractivity contribution in [3.05, 3.63) is 71.8 Å². The van der Waals surface area contributed by atoms with Gasteiger partial charge in [-0.05, 0) is 42.9 Å². The standard InChI is InChI=1S/C23H33N/c1-21(2)11-9-10-18-24(19-16-22-12-5-3-6-13-22)20-17-23-14-7-4-8-15-23/h3-8,12-15,21H,9-11,16-20H2,1-2H3. The summed E-state index contributed by atoms with van der Waals surface area (Å²) in [5, 5.41) is 0. The quantitative estimate of drug-likeness (QED) is 0.486. The van der Waals surface area contributed by atoms with Gasteiger partial charge in [0.25, 0.3) is 0 Å². The van der Waals surface area contributed by atoms with Crippen molar-refractivity contribution in [2.45, 2.75) is 46.0 Å². The van der Waals surface area contributed by atoms with Gasteiger partial charge in [0, 0.05) is 13.1 Å². The van der Waals surface area contributed by atoms with Crippen LogP contribution in [-0.2, 0) is 12.8 Å². The lowest BCUT2D eigenvalue weighted by molar-refractivity contribution is 0.271. The number of hydrogen-bond donors (Lipinski definition) is 0. The summed E-state index contributed by atoms with van der Waals surface area (Å²) in [6, 6.07) is 21.8. The first kappa shape index (κ1) is 18.7. The summed E-state index contributed by atoms with van der Waals surface area (Å²) in [6.07, 6.45) is 6.33. The number of unbranched alkanes of at least 4 members (excludes halogenated alkanes) is 1. The molecular formula is C23H33N. The van der Waals surface area contributed by atoms with Gasteiger partial charge in [0.2, 0.25) is 0 Å². The van der Waals surface area contributed by atoms with E-state index in [0.29, 0.717) is 0 Å². The molecule has 0 heterocycles. The average molecular weight is 324 g/mol. The molecule has 1 heteroatoms. The van der Waals surface area contributed by atoms with Crippen LogP contribution in [0.1, 0.15) is 44.2 Å². The van der Waals surface area contributed by atoms with E-state index >= 15 is 0 Å². The first-order chi connectivity index (χ1) is 11.7. The smallest absolute Gasteiger partial charge is 0.00219 e. The highest BCUT2D eigenvalue weighted by Gasteiger charge is 2.06. The Hall–Kier alpha value is -1.60. The molecule has 0 atom stereocenters. The number of nitrogens with zero attached hydrogens (tertiary/aromatic N) is 1. The molecule has 0 spiro atoms. The van der Waals surface area contributed by atoms with Crippen molar-refractivity contribution in [1.82, 2.24) is 4.90 Å². The third-order valence-electron chi connectivity index (χ3n) is 4.62. The lowest BCUT2D eigenvalue weighted by Gasteiger charge is -2.22. The van der Waals surface area contributed by atoms with Crippen LogP contribution in [0.4, 0.5) is 0 Å². The zero-order valence-corrected chi connectivity index (χ0v) is 15.5. The fraction of sp³-hybridized carbons (Fsp3) is 0.478. The molecular weight excluding hydrogens is 290 g/mol. The van der Waals surface area contributed by atoms with Crippen LogP contribution in [-0.4, -0.2) is 24.5 Å². The average Bonchev–Trinajstić information content (AvgIpc) is 2.62. The van der Waals surface area contributed by atoms with Crippen LogP contribution in [0.25, 0.3) is 0 Å². The Kier molecular flexibility index (Phi) is 8.62. The van der Waals surface area contributed by atoms with Crippen LogP contribution in [0.5, 0.6) is 0 Å². The molecule has 1 nitrogen and oxygen atoms in total. The Morgan fingerprint density at radius 1 is 0.667 bits per heavy atom. The predicted molar refractivity (Wildman–Crippen MR) is 105 cm³/mol. The van der Waals surface area contributed by atoms with E-state index in [2.05, 4.69) is 79.4 Å². The second-order valence-electron chi connectivity index (χ2n) is 7.20. The van der Waals surface area contributed by atoms with Gasteiger partial charge in [0.1, 0.15) is 0 Å². The molecule has 0 unspecified atom stereocenters. The maximum atomic E-state index is 2.65. The largest absolute Gasteiger partial charge is 0.303 e. The molecule has 2 aromatic carbocycles. The van der Waals surface area contributed by atoms with Gasteiger partial charge >= 0.3 is 0 Å². The fourth-order valence-corrected chi connectivity index (χ4v) is 3.09. The van der Waals surface area contributed by atoms with E-state index in [0.717, 1.165) is 18.8 Å². The highest BCUT2D eigenvalue weighted by molar-refractivity contribution is 5.16. The molecule has 0 aliphatic carbocycles. The van der Waals surface area contributed by atoms with Gasteiger partial charge in [-0.3, -0.25) is 0 Å². The van der Waals surface area contributed by atoms with Crippen molar-refractivity contribution in [3.63, 3.8) is 0 Å². The first-order valence-electron chi connectivity index (χ1n) is 9.54. The van der Waals surface area contributed by atoms with E-state index in [1.807, 2.05) is 0 Å². The molecule has 2 aromatic rings. The van der Waals surface area contributed by atoms with Gasteiger partial charge in [-0.25, -0.2) is 0 Å². The molecule has 0 bridgehead atoms. The summed E-state index contributed by atoms with van der Waals surface area (Å²) >= 11 is 0. The molecule has 0 radical (unpaired) electrons. The van der Waals surface area contributed by atoms with E-state index in [1.165, 1.54) is 50.0 Å².